The minimum absolute atomic E-state index is 0.289. The van der Waals surface area contributed by atoms with Gasteiger partial charge in [0.05, 0.1) is 12.7 Å². The monoisotopic (exact) mass is 280 g/mol. The lowest BCUT2D eigenvalue weighted by molar-refractivity contribution is -0.139. The number of carbonyl (C=O) groups is 1. The number of unbranched alkanes of at least 4 members (excludes halogenated alkanes) is 1. The molecule has 0 aromatic rings. The lowest BCUT2D eigenvalue weighted by atomic mass is 9.64. The van der Waals surface area contributed by atoms with Crippen LogP contribution in [0.3, 0.4) is 0 Å². The summed E-state index contributed by atoms with van der Waals surface area (Å²) in [5.41, 5.74) is -0.213. The highest BCUT2D eigenvalue weighted by Crippen LogP contribution is 2.74. The van der Waals surface area contributed by atoms with Crippen molar-refractivity contribution in [3.05, 3.63) is 11.1 Å². The summed E-state index contributed by atoms with van der Waals surface area (Å²) in [6.45, 7) is 5.95. The third-order valence-corrected chi connectivity index (χ3v) is 5.80. The molecule has 3 aliphatic rings. The number of carbonyl (C=O) groups excluding carboxylic acids is 1. The Morgan fingerprint density at radius 3 is 2.60 bits per heavy atom. The molecule has 4 heteroatoms. The van der Waals surface area contributed by atoms with E-state index >= 15 is 0 Å². The van der Waals surface area contributed by atoms with Crippen LogP contribution < -0.4 is 0 Å². The Labute approximate surface area is 120 Å². The lowest BCUT2D eigenvalue weighted by Gasteiger charge is -2.40. The average molecular weight is 280 g/mol. The van der Waals surface area contributed by atoms with Gasteiger partial charge in [-0.2, -0.15) is 0 Å². The van der Waals surface area contributed by atoms with Gasteiger partial charge >= 0.3 is 5.97 Å². The molecule has 2 heterocycles. The topological polar surface area (TPSA) is 55.8 Å². The van der Waals surface area contributed by atoms with Gasteiger partial charge < -0.3 is 14.6 Å². The predicted octanol–water partition coefficient (Wildman–Crippen LogP) is 2.35. The van der Waals surface area contributed by atoms with Crippen molar-refractivity contribution in [2.45, 2.75) is 70.2 Å². The Balaban J connectivity index is 2.10. The van der Waals surface area contributed by atoms with E-state index < -0.39 is 11.2 Å². The van der Waals surface area contributed by atoms with Crippen molar-refractivity contribution in [1.82, 2.24) is 0 Å². The maximum absolute atomic E-state index is 12.3. The molecule has 4 nitrogen and oxygen atoms in total. The van der Waals surface area contributed by atoms with E-state index in [1.54, 1.807) is 0 Å². The summed E-state index contributed by atoms with van der Waals surface area (Å²) in [5.74, 6) is -0.289. The molecule has 0 aromatic heterocycles. The van der Waals surface area contributed by atoms with Crippen LogP contribution in [0.4, 0.5) is 0 Å². The SMILES string of the molecule is CCCCC1=C(C(=O)OC)[C@]2(C)O[C@H]1C(C)(O)C21CC1. The Morgan fingerprint density at radius 2 is 2.10 bits per heavy atom. The summed E-state index contributed by atoms with van der Waals surface area (Å²) >= 11 is 0. The zero-order valence-electron chi connectivity index (χ0n) is 12.8. The van der Waals surface area contributed by atoms with Gasteiger partial charge in [0.25, 0.3) is 0 Å². The fourth-order valence-electron chi connectivity index (χ4n) is 4.50. The number of hydrogen-bond acceptors (Lipinski definition) is 4. The van der Waals surface area contributed by atoms with Gasteiger partial charge in [0.1, 0.15) is 17.3 Å². The summed E-state index contributed by atoms with van der Waals surface area (Å²) < 4.78 is 11.2. The fourth-order valence-corrected chi connectivity index (χ4v) is 4.50. The molecule has 1 unspecified atom stereocenters. The summed E-state index contributed by atoms with van der Waals surface area (Å²) in [6.07, 6.45) is 4.32. The van der Waals surface area contributed by atoms with Crippen molar-refractivity contribution < 1.29 is 19.4 Å². The maximum atomic E-state index is 12.3. The third-order valence-electron chi connectivity index (χ3n) is 5.80. The number of aliphatic hydroxyl groups is 1. The van der Waals surface area contributed by atoms with Crippen LogP contribution in [0, 0.1) is 5.41 Å². The highest BCUT2D eigenvalue weighted by molar-refractivity contribution is 5.94. The van der Waals surface area contributed by atoms with Gasteiger partial charge in [0.2, 0.25) is 0 Å². The van der Waals surface area contributed by atoms with Crippen LogP contribution in [0.5, 0.6) is 0 Å². The van der Waals surface area contributed by atoms with Gasteiger partial charge in [-0.25, -0.2) is 4.79 Å². The highest BCUT2D eigenvalue weighted by atomic mass is 16.6. The van der Waals surface area contributed by atoms with Crippen LogP contribution in [0.15, 0.2) is 11.1 Å². The zero-order valence-corrected chi connectivity index (χ0v) is 12.8. The standard InChI is InChI=1S/C16H24O4/c1-5-6-7-10-11(13(17)19-4)15(3)16(8-9-16)14(2,18)12(10)20-15/h12,18H,5-9H2,1-4H3/t12-,14?,15+/m1/s1. The van der Waals surface area contributed by atoms with Crippen molar-refractivity contribution in [3.8, 4) is 0 Å². The van der Waals surface area contributed by atoms with Crippen molar-refractivity contribution in [2.75, 3.05) is 7.11 Å². The first-order chi connectivity index (χ1) is 9.35. The summed E-state index contributed by atoms with van der Waals surface area (Å²) in [7, 11) is 1.42. The number of ether oxygens (including phenoxy) is 2. The molecule has 0 aromatic carbocycles. The number of rotatable bonds is 4. The smallest absolute Gasteiger partial charge is 0.336 e. The lowest BCUT2D eigenvalue weighted by Crippen LogP contribution is -2.52. The minimum atomic E-state index is -0.873. The van der Waals surface area contributed by atoms with E-state index in [4.69, 9.17) is 9.47 Å². The van der Waals surface area contributed by atoms with Gasteiger partial charge in [-0.05, 0) is 45.1 Å². The van der Waals surface area contributed by atoms with Gasteiger partial charge in [-0.15, -0.1) is 0 Å². The molecule has 2 fully saturated rings. The zero-order chi connectivity index (χ0) is 14.8. The summed E-state index contributed by atoms with van der Waals surface area (Å²) in [6, 6.07) is 0. The van der Waals surface area contributed by atoms with Crippen LogP contribution in [0.2, 0.25) is 0 Å². The molecule has 0 amide bonds. The second-order valence-electron chi connectivity index (χ2n) is 6.76. The van der Waals surface area contributed by atoms with Crippen LogP contribution >= 0.6 is 0 Å². The first kappa shape index (κ1) is 14.1. The number of methoxy groups -OCH3 is 1. The second-order valence-corrected chi connectivity index (χ2v) is 6.76. The van der Waals surface area contributed by atoms with Gasteiger partial charge in [-0.1, -0.05) is 13.3 Å². The van der Waals surface area contributed by atoms with Crippen LogP contribution in [-0.4, -0.2) is 35.5 Å². The molecule has 1 saturated carbocycles. The molecule has 0 radical (unpaired) electrons. The summed E-state index contributed by atoms with van der Waals surface area (Å²) in [5, 5.41) is 11.0. The van der Waals surface area contributed by atoms with Crippen LogP contribution in [0.1, 0.15) is 52.9 Å². The molecule has 112 valence electrons. The van der Waals surface area contributed by atoms with Crippen molar-refractivity contribution in [1.29, 1.82) is 0 Å². The molecule has 3 rings (SSSR count). The maximum Gasteiger partial charge on any atom is 0.336 e. The van der Waals surface area contributed by atoms with E-state index in [1.165, 1.54) is 7.11 Å². The Hall–Kier alpha value is -0.870. The van der Waals surface area contributed by atoms with Crippen LogP contribution in [0.25, 0.3) is 0 Å². The molecule has 1 aliphatic carbocycles. The van der Waals surface area contributed by atoms with Crippen molar-refractivity contribution in [3.63, 3.8) is 0 Å². The molecule has 1 saturated heterocycles. The van der Waals surface area contributed by atoms with Crippen molar-refractivity contribution in [2.24, 2.45) is 5.41 Å². The molecule has 1 N–H and O–H groups in total. The van der Waals surface area contributed by atoms with E-state index in [1.807, 2.05) is 13.8 Å². The normalized spacial score (nSPS) is 40.5. The number of esters is 1. The van der Waals surface area contributed by atoms with Gasteiger partial charge in [-0.3, -0.25) is 0 Å². The van der Waals surface area contributed by atoms with Crippen LogP contribution in [-0.2, 0) is 14.3 Å². The molecular weight excluding hydrogens is 256 g/mol. The van der Waals surface area contributed by atoms with Gasteiger partial charge in [0.15, 0.2) is 0 Å². The largest absolute Gasteiger partial charge is 0.466 e. The highest BCUT2D eigenvalue weighted by Gasteiger charge is 2.80. The average Bonchev–Trinajstić information content (AvgIpc) is 3.14. The quantitative estimate of drug-likeness (QED) is 0.803. The molecule has 2 bridgehead atoms. The third kappa shape index (κ3) is 1.37. The molecule has 1 spiro atoms. The van der Waals surface area contributed by atoms with Crippen molar-refractivity contribution >= 4 is 5.97 Å². The molecular formula is C16H24O4. The fraction of sp³-hybridized carbons (Fsp3) is 0.812. The predicted molar refractivity (Wildman–Crippen MR) is 74.1 cm³/mol. The number of hydrogen-bond donors (Lipinski definition) is 1. The Bertz CT molecular complexity index is 487. The molecule has 20 heavy (non-hydrogen) atoms. The van der Waals surface area contributed by atoms with E-state index in [0.717, 1.165) is 37.7 Å². The molecule has 2 aliphatic heterocycles. The molecule has 3 atom stereocenters. The van der Waals surface area contributed by atoms with E-state index in [9.17, 15) is 9.90 Å². The van der Waals surface area contributed by atoms with Gasteiger partial charge in [0, 0.05) is 5.41 Å². The number of fused-ring (bicyclic) bond motifs is 3. The minimum Gasteiger partial charge on any atom is -0.466 e. The van der Waals surface area contributed by atoms with E-state index in [2.05, 4.69) is 6.92 Å². The first-order valence-corrected chi connectivity index (χ1v) is 7.58. The summed E-state index contributed by atoms with van der Waals surface area (Å²) in [4.78, 5) is 12.3. The Morgan fingerprint density at radius 1 is 1.45 bits per heavy atom. The Kier molecular flexibility index (Phi) is 2.87. The van der Waals surface area contributed by atoms with E-state index in [-0.39, 0.29) is 17.5 Å². The second kappa shape index (κ2) is 4.08. The first-order valence-electron chi connectivity index (χ1n) is 7.58. The van der Waals surface area contributed by atoms with E-state index in [0.29, 0.717) is 5.57 Å².